The molecule has 32 heavy (non-hydrogen) atoms. The van der Waals surface area contributed by atoms with E-state index >= 15 is 0 Å². The number of likely N-dealkylation sites (tertiary alicyclic amines) is 1. The molecule has 2 amide bonds. The van der Waals surface area contributed by atoms with Crippen LogP contribution in [0.15, 0.2) is 79.1 Å². The lowest BCUT2D eigenvalue weighted by molar-refractivity contribution is -0.121. The molecule has 1 aliphatic heterocycles. The second kappa shape index (κ2) is 8.67. The van der Waals surface area contributed by atoms with Gasteiger partial charge >= 0.3 is 0 Å². The van der Waals surface area contributed by atoms with Crippen molar-refractivity contribution in [3.05, 3.63) is 84.7 Å². The Morgan fingerprint density at radius 2 is 1.75 bits per heavy atom. The van der Waals surface area contributed by atoms with Crippen molar-refractivity contribution in [1.82, 2.24) is 14.9 Å². The molecule has 160 valence electrons. The fourth-order valence-corrected chi connectivity index (χ4v) is 4.22. The summed E-state index contributed by atoms with van der Waals surface area (Å²) >= 11 is 0. The monoisotopic (exact) mass is 424 g/mol. The third-order valence-corrected chi connectivity index (χ3v) is 6.05. The normalized spacial score (nSPS) is 14.4. The van der Waals surface area contributed by atoms with E-state index in [4.69, 9.17) is 0 Å². The minimum atomic E-state index is -0.0960. The summed E-state index contributed by atoms with van der Waals surface area (Å²) in [4.78, 5) is 34.6. The Labute approximate surface area is 186 Å². The maximum atomic E-state index is 12.8. The maximum absolute atomic E-state index is 12.8. The van der Waals surface area contributed by atoms with Crippen LogP contribution in [0.25, 0.3) is 22.2 Å². The summed E-state index contributed by atoms with van der Waals surface area (Å²) in [7, 11) is 0. The molecule has 6 nitrogen and oxygen atoms in total. The van der Waals surface area contributed by atoms with Gasteiger partial charge in [0.2, 0.25) is 5.91 Å². The van der Waals surface area contributed by atoms with Crippen LogP contribution in [0, 0.1) is 5.92 Å². The molecule has 2 N–H and O–H groups in total. The fraction of sp³-hybridized carbons (Fsp3) is 0.192. The molecule has 0 bridgehead atoms. The van der Waals surface area contributed by atoms with Crippen LogP contribution in [0.2, 0.25) is 0 Å². The summed E-state index contributed by atoms with van der Waals surface area (Å²) in [5.74, 6) is -0.109. The number of aromatic amines is 1. The average molecular weight is 425 g/mol. The molecule has 1 saturated heterocycles. The number of benzene rings is 2. The first kappa shape index (κ1) is 20.0. The van der Waals surface area contributed by atoms with Crippen molar-refractivity contribution in [2.75, 3.05) is 18.4 Å². The molecule has 0 saturated carbocycles. The van der Waals surface area contributed by atoms with Gasteiger partial charge in [0.15, 0.2) is 0 Å². The van der Waals surface area contributed by atoms with Gasteiger partial charge in [0, 0.05) is 53.7 Å². The van der Waals surface area contributed by atoms with Gasteiger partial charge in [0.05, 0.1) is 5.56 Å². The third kappa shape index (κ3) is 4.12. The van der Waals surface area contributed by atoms with Crippen molar-refractivity contribution in [3.8, 4) is 11.3 Å². The van der Waals surface area contributed by atoms with E-state index in [-0.39, 0.29) is 17.7 Å². The Morgan fingerprint density at radius 1 is 0.969 bits per heavy atom. The van der Waals surface area contributed by atoms with Crippen LogP contribution in [-0.2, 0) is 4.79 Å². The number of pyridine rings is 1. The Kier molecular flexibility index (Phi) is 5.42. The highest BCUT2D eigenvalue weighted by atomic mass is 16.2. The van der Waals surface area contributed by atoms with Crippen molar-refractivity contribution < 1.29 is 9.59 Å². The number of para-hydroxylation sites is 1. The first-order valence-corrected chi connectivity index (χ1v) is 10.9. The summed E-state index contributed by atoms with van der Waals surface area (Å²) < 4.78 is 0. The quantitative estimate of drug-likeness (QED) is 0.498. The van der Waals surface area contributed by atoms with Crippen LogP contribution in [-0.4, -0.2) is 39.8 Å². The highest BCUT2D eigenvalue weighted by Crippen LogP contribution is 2.26. The summed E-state index contributed by atoms with van der Waals surface area (Å²) in [6.07, 6.45) is 4.55. The van der Waals surface area contributed by atoms with E-state index in [1.54, 1.807) is 29.4 Å². The molecule has 0 spiro atoms. The molecule has 4 aromatic rings. The number of rotatable bonds is 4. The Hall–Kier alpha value is -3.93. The summed E-state index contributed by atoms with van der Waals surface area (Å²) in [5.41, 5.74) is 4.60. The van der Waals surface area contributed by atoms with Gasteiger partial charge in [0.1, 0.15) is 0 Å². The fourth-order valence-electron chi connectivity index (χ4n) is 4.22. The number of H-pyrrole nitrogens is 1. The van der Waals surface area contributed by atoms with Crippen LogP contribution in [0.3, 0.4) is 0 Å². The number of nitrogens with one attached hydrogen (secondary N) is 2. The lowest BCUT2D eigenvalue weighted by atomic mass is 9.95. The van der Waals surface area contributed by atoms with Crippen molar-refractivity contribution in [1.29, 1.82) is 0 Å². The molecule has 2 aromatic carbocycles. The Bertz CT molecular complexity index is 1210. The molecule has 2 aromatic heterocycles. The number of carbonyl (C=O) groups is 2. The number of fused-ring (bicyclic) bond motifs is 1. The third-order valence-electron chi connectivity index (χ3n) is 6.05. The molecule has 0 atom stereocenters. The van der Waals surface area contributed by atoms with Gasteiger partial charge in [-0.3, -0.25) is 14.6 Å². The van der Waals surface area contributed by atoms with E-state index in [1.165, 1.54) is 5.39 Å². The number of nitrogens with zero attached hydrogens (tertiary/aromatic N) is 2. The van der Waals surface area contributed by atoms with Gasteiger partial charge in [-0.1, -0.05) is 30.3 Å². The largest absolute Gasteiger partial charge is 0.355 e. The van der Waals surface area contributed by atoms with E-state index in [0.717, 1.165) is 22.5 Å². The Morgan fingerprint density at radius 3 is 2.47 bits per heavy atom. The van der Waals surface area contributed by atoms with Crippen molar-refractivity contribution >= 4 is 28.4 Å². The minimum absolute atomic E-state index is 0.0110. The van der Waals surface area contributed by atoms with Gasteiger partial charge in [-0.15, -0.1) is 0 Å². The number of hydrogen-bond donors (Lipinski definition) is 2. The van der Waals surface area contributed by atoms with Crippen molar-refractivity contribution in [3.63, 3.8) is 0 Å². The molecule has 0 unspecified atom stereocenters. The number of hydrogen-bond acceptors (Lipinski definition) is 3. The molecule has 3 heterocycles. The molecule has 0 radical (unpaired) electrons. The van der Waals surface area contributed by atoms with Gasteiger partial charge in [0.25, 0.3) is 5.91 Å². The summed E-state index contributed by atoms with van der Waals surface area (Å²) in [5, 5.41) is 4.20. The molecule has 6 heteroatoms. The number of anilines is 1. The topological polar surface area (TPSA) is 78.1 Å². The summed E-state index contributed by atoms with van der Waals surface area (Å²) in [6, 6.07) is 21.7. The predicted octanol–water partition coefficient (Wildman–Crippen LogP) is 4.72. The second-order valence-electron chi connectivity index (χ2n) is 8.15. The van der Waals surface area contributed by atoms with Gasteiger partial charge < -0.3 is 15.2 Å². The minimum Gasteiger partial charge on any atom is -0.355 e. The van der Waals surface area contributed by atoms with Crippen LogP contribution < -0.4 is 5.32 Å². The van der Waals surface area contributed by atoms with Crippen LogP contribution in [0.1, 0.15) is 23.2 Å². The second-order valence-corrected chi connectivity index (χ2v) is 8.15. The molecule has 1 fully saturated rings. The summed E-state index contributed by atoms with van der Waals surface area (Å²) in [6.45, 7) is 1.15. The predicted molar refractivity (Wildman–Crippen MR) is 125 cm³/mol. The molecule has 5 rings (SSSR count). The van der Waals surface area contributed by atoms with Crippen LogP contribution in [0.4, 0.5) is 5.69 Å². The molecule has 0 aliphatic carbocycles. The van der Waals surface area contributed by atoms with Gasteiger partial charge in [-0.25, -0.2) is 0 Å². The standard InChI is InChI=1S/C26H24N4O2/c31-25(19-11-14-30(15-12-19)26(32)21-5-3-13-27-17-21)28-22-9-7-18(8-10-22)24-16-20-4-1-2-6-23(20)29-24/h1-10,13,16-17,19,29H,11-12,14-15H2,(H,28,31). The van der Waals surface area contributed by atoms with Crippen molar-refractivity contribution in [2.24, 2.45) is 5.92 Å². The SMILES string of the molecule is O=C(Nc1ccc(-c2cc3ccccc3[nH]2)cc1)C1CCN(C(=O)c2cccnc2)CC1. The molecular weight excluding hydrogens is 400 g/mol. The van der Waals surface area contributed by atoms with E-state index < -0.39 is 0 Å². The lowest BCUT2D eigenvalue weighted by Crippen LogP contribution is -2.41. The van der Waals surface area contributed by atoms with Gasteiger partial charge in [-0.2, -0.15) is 0 Å². The van der Waals surface area contributed by atoms with Crippen LogP contribution in [0.5, 0.6) is 0 Å². The molecular formula is C26H24N4O2. The van der Waals surface area contributed by atoms with E-state index in [9.17, 15) is 9.59 Å². The first-order chi connectivity index (χ1) is 15.7. The zero-order chi connectivity index (χ0) is 21.9. The smallest absolute Gasteiger partial charge is 0.255 e. The average Bonchev–Trinajstić information content (AvgIpc) is 3.29. The maximum Gasteiger partial charge on any atom is 0.255 e. The van der Waals surface area contributed by atoms with Crippen molar-refractivity contribution in [2.45, 2.75) is 12.8 Å². The number of piperidine rings is 1. The first-order valence-electron chi connectivity index (χ1n) is 10.9. The highest BCUT2D eigenvalue weighted by Gasteiger charge is 2.28. The zero-order valence-corrected chi connectivity index (χ0v) is 17.6. The molecule has 1 aliphatic rings. The number of amides is 2. The van der Waals surface area contributed by atoms with E-state index in [1.807, 2.05) is 36.4 Å². The van der Waals surface area contributed by atoms with E-state index in [2.05, 4.69) is 33.5 Å². The zero-order valence-electron chi connectivity index (χ0n) is 17.6. The highest BCUT2D eigenvalue weighted by molar-refractivity contribution is 5.95. The van der Waals surface area contributed by atoms with Gasteiger partial charge in [-0.05, 0) is 54.8 Å². The number of aromatic nitrogens is 2. The van der Waals surface area contributed by atoms with E-state index in [0.29, 0.717) is 31.5 Å². The number of carbonyl (C=O) groups excluding carboxylic acids is 2. The lowest BCUT2D eigenvalue weighted by Gasteiger charge is -2.31. The van der Waals surface area contributed by atoms with Crippen LogP contribution >= 0.6 is 0 Å². The Balaban J connectivity index is 1.18.